The highest BCUT2D eigenvalue weighted by molar-refractivity contribution is 7.97. The van der Waals surface area contributed by atoms with Gasteiger partial charge in [-0.1, -0.05) is 12.1 Å². The summed E-state index contributed by atoms with van der Waals surface area (Å²) in [5, 5.41) is 0. The molecule has 0 saturated carbocycles. The van der Waals surface area contributed by atoms with Gasteiger partial charge in [0.05, 0.1) is 30.9 Å². The molecular formula is C20H25N3O3S. The molecule has 2 heterocycles. The third kappa shape index (κ3) is 4.61. The highest BCUT2D eigenvalue weighted by Gasteiger charge is 2.17. The van der Waals surface area contributed by atoms with Crippen molar-refractivity contribution in [2.24, 2.45) is 0 Å². The van der Waals surface area contributed by atoms with Gasteiger partial charge in [0.1, 0.15) is 11.4 Å². The van der Waals surface area contributed by atoms with Crippen LogP contribution < -0.4 is 4.74 Å². The number of fused-ring (bicyclic) bond motifs is 1. The van der Waals surface area contributed by atoms with E-state index >= 15 is 0 Å². The molecule has 27 heavy (non-hydrogen) atoms. The van der Waals surface area contributed by atoms with E-state index in [1.807, 2.05) is 37.4 Å². The van der Waals surface area contributed by atoms with Gasteiger partial charge in [-0.3, -0.25) is 8.96 Å². The molecule has 0 bridgehead atoms. The summed E-state index contributed by atoms with van der Waals surface area (Å²) in [6, 6.07) is 10.0. The number of methoxy groups -OCH3 is 1. The van der Waals surface area contributed by atoms with Crippen LogP contribution in [0.25, 0.3) is 22.6 Å². The van der Waals surface area contributed by atoms with Gasteiger partial charge in [-0.2, -0.15) is 0 Å². The molecule has 0 N–H and O–H groups in total. The van der Waals surface area contributed by atoms with Crippen LogP contribution in [0.5, 0.6) is 5.75 Å². The number of nitrogens with zero attached hydrogens (tertiary/aromatic N) is 3. The average molecular weight is 388 g/mol. The smallest absolute Gasteiger partial charge is 0.170 e. The lowest BCUT2D eigenvalue weighted by molar-refractivity contribution is 0.0644. The molecule has 0 spiro atoms. The molecule has 0 aliphatic heterocycles. The van der Waals surface area contributed by atoms with Crippen molar-refractivity contribution in [3.8, 4) is 17.3 Å². The van der Waals surface area contributed by atoms with Crippen LogP contribution in [0.4, 0.5) is 0 Å². The zero-order valence-corrected chi connectivity index (χ0v) is 16.8. The summed E-state index contributed by atoms with van der Waals surface area (Å²) >= 11 is 1.62. The Kier molecular flexibility index (Phi) is 7.09. The van der Waals surface area contributed by atoms with Crippen molar-refractivity contribution in [2.45, 2.75) is 13.3 Å². The second-order valence-corrected chi connectivity index (χ2v) is 6.72. The summed E-state index contributed by atoms with van der Waals surface area (Å²) in [7, 11) is 1.67. The molecule has 1 aromatic carbocycles. The van der Waals surface area contributed by atoms with Crippen LogP contribution in [0, 0.1) is 6.92 Å². The summed E-state index contributed by atoms with van der Waals surface area (Å²) in [4.78, 5) is 9.36. The van der Waals surface area contributed by atoms with E-state index in [1.54, 1.807) is 25.3 Å². The first kappa shape index (κ1) is 19.7. The van der Waals surface area contributed by atoms with E-state index in [2.05, 4.69) is 15.0 Å². The predicted octanol–water partition coefficient (Wildman–Crippen LogP) is 3.96. The fraction of sp³-hybridized carbons (Fsp3) is 0.400. The molecule has 6 nitrogen and oxygen atoms in total. The largest absolute Gasteiger partial charge is 0.493 e. The van der Waals surface area contributed by atoms with Crippen LogP contribution in [0.3, 0.4) is 0 Å². The van der Waals surface area contributed by atoms with Crippen LogP contribution in [0.2, 0.25) is 0 Å². The number of para-hydroxylation sites is 2. The Labute approximate surface area is 164 Å². The molecule has 7 heteroatoms. The van der Waals surface area contributed by atoms with E-state index in [4.69, 9.17) is 19.2 Å². The summed E-state index contributed by atoms with van der Waals surface area (Å²) in [5.74, 6) is 1.67. The standard InChI is InChI=1S/C20H25N3O3S/c1-15-18(26-12-6-11-25-14-13-24-2)9-10-21-19(15)20-22-16-7-4-5-8-17(16)23(20)27-3/h4-5,7-10H,6,11-14H2,1-3H3. The van der Waals surface area contributed by atoms with Crippen molar-refractivity contribution in [1.82, 2.24) is 13.9 Å². The average Bonchev–Trinajstić information content (AvgIpc) is 3.06. The van der Waals surface area contributed by atoms with Crippen molar-refractivity contribution in [3.63, 3.8) is 0 Å². The molecule has 0 amide bonds. The van der Waals surface area contributed by atoms with Gasteiger partial charge in [-0.15, -0.1) is 0 Å². The molecule has 3 aromatic rings. The summed E-state index contributed by atoms with van der Waals surface area (Å²) in [6.07, 6.45) is 4.64. The lowest BCUT2D eigenvalue weighted by atomic mass is 10.2. The van der Waals surface area contributed by atoms with Gasteiger partial charge in [0.25, 0.3) is 0 Å². The van der Waals surface area contributed by atoms with E-state index in [0.29, 0.717) is 26.4 Å². The number of pyridine rings is 1. The second-order valence-electron chi connectivity index (χ2n) is 5.99. The van der Waals surface area contributed by atoms with E-state index in [0.717, 1.165) is 40.3 Å². The van der Waals surface area contributed by atoms with Gasteiger partial charge < -0.3 is 14.2 Å². The van der Waals surface area contributed by atoms with E-state index in [9.17, 15) is 0 Å². The summed E-state index contributed by atoms with van der Waals surface area (Å²) in [5.41, 5.74) is 3.88. The second kappa shape index (κ2) is 9.73. The van der Waals surface area contributed by atoms with Gasteiger partial charge in [0.15, 0.2) is 5.82 Å². The van der Waals surface area contributed by atoms with Crippen LogP contribution >= 0.6 is 11.9 Å². The molecular weight excluding hydrogens is 362 g/mol. The highest BCUT2D eigenvalue weighted by atomic mass is 32.2. The van der Waals surface area contributed by atoms with E-state index < -0.39 is 0 Å². The SMILES string of the molecule is COCCOCCCOc1ccnc(-c2nc3ccccc3n2SC)c1C. The van der Waals surface area contributed by atoms with Crippen molar-refractivity contribution < 1.29 is 14.2 Å². The molecule has 0 aliphatic rings. The Morgan fingerprint density at radius 2 is 1.93 bits per heavy atom. The Hall–Kier alpha value is -2.09. The summed E-state index contributed by atoms with van der Waals surface area (Å²) in [6.45, 7) is 4.50. The van der Waals surface area contributed by atoms with Crippen LogP contribution in [-0.4, -0.2) is 53.7 Å². The quantitative estimate of drug-likeness (QED) is 0.491. The van der Waals surface area contributed by atoms with Gasteiger partial charge in [-0.05, 0) is 37.1 Å². The Bertz CT molecular complexity index is 882. The highest BCUT2D eigenvalue weighted by Crippen LogP contribution is 2.32. The third-order valence-corrected chi connectivity index (χ3v) is 4.93. The van der Waals surface area contributed by atoms with Crippen molar-refractivity contribution in [3.05, 3.63) is 42.1 Å². The maximum absolute atomic E-state index is 5.96. The molecule has 0 unspecified atom stereocenters. The van der Waals surface area contributed by atoms with Gasteiger partial charge in [0, 0.05) is 38.2 Å². The minimum atomic E-state index is 0.593. The lowest BCUT2D eigenvalue weighted by Crippen LogP contribution is -2.07. The monoisotopic (exact) mass is 387 g/mol. The van der Waals surface area contributed by atoms with E-state index in [1.165, 1.54) is 0 Å². The molecule has 0 aliphatic carbocycles. The topological polar surface area (TPSA) is 58.4 Å². The number of hydrogen-bond donors (Lipinski definition) is 0. The first-order valence-corrected chi connectivity index (χ1v) is 10.1. The first-order valence-electron chi connectivity index (χ1n) is 8.93. The molecule has 144 valence electrons. The third-order valence-electron chi connectivity index (χ3n) is 4.19. The number of rotatable bonds is 10. The molecule has 0 saturated heterocycles. The van der Waals surface area contributed by atoms with E-state index in [-0.39, 0.29) is 0 Å². The molecule has 0 fully saturated rings. The van der Waals surface area contributed by atoms with Gasteiger partial charge in [0.2, 0.25) is 0 Å². The minimum absolute atomic E-state index is 0.593. The summed E-state index contributed by atoms with van der Waals surface area (Å²) < 4.78 is 18.5. The fourth-order valence-corrected chi connectivity index (χ4v) is 3.48. The maximum atomic E-state index is 5.96. The predicted molar refractivity (Wildman–Crippen MR) is 109 cm³/mol. The van der Waals surface area contributed by atoms with Crippen LogP contribution in [0.1, 0.15) is 12.0 Å². The Morgan fingerprint density at radius 3 is 2.74 bits per heavy atom. The lowest BCUT2D eigenvalue weighted by Gasteiger charge is -2.12. The Balaban J connectivity index is 1.74. The Morgan fingerprint density at radius 1 is 1.07 bits per heavy atom. The number of aromatic nitrogens is 3. The number of benzene rings is 1. The number of imidazole rings is 1. The minimum Gasteiger partial charge on any atom is -0.493 e. The molecule has 0 radical (unpaired) electrons. The molecule has 2 aromatic heterocycles. The van der Waals surface area contributed by atoms with Gasteiger partial charge in [-0.25, -0.2) is 4.98 Å². The molecule has 0 atom stereocenters. The first-order chi connectivity index (χ1) is 13.3. The van der Waals surface area contributed by atoms with Crippen molar-refractivity contribution in [2.75, 3.05) is 39.8 Å². The maximum Gasteiger partial charge on any atom is 0.170 e. The molecule has 3 rings (SSSR count). The van der Waals surface area contributed by atoms with Gasteiger partial charge >= 0.3 is 0 Å². The number of ether oxygens (including phenoxy) is 3. The van der Waals surface area contributed by atoms with Crippen molar-refractivity contribution >= 4 is 23.0 Å². The number of hydrogen-bond acceptors (Lipinski definition) is 6. The fourth-order valence-electron chi connectivity index (χ4n) is 2.83. The zero-order chi connectivity index (χ0) is 19.1. The van der Waals surface area contributed by atoms with Crippen LogP contribution in [0.15, 0.2) is 36.5 Å². The van der Waals surface area contributed by atoms with Crippen molar-refractivity contribution in [1.29, 1.82) is 0 Å². The normalized spacial score (nSPS) is 11.2. The van der Waals surface area contributed by atoms with Crippen LogP contribution in [-0.2, 0) is 9.47 Å². The zero-order valence-electron chi connectivity index (χ0n) is 16.0.